The van der Waals surface area contributed by atoms with Crippen molar-refractivity contribution in [2.75, 3.05) is 18.2 Å². The summed E-state index contributed by atoms with van der Waals surface area (Å²) >= 11 is 3.39. The summed E-state index contributed by atoms with van der Waals surface area (Å²) in [5.41, 5.74) is 7.69. The summed E-state index contributed by atoms with van der Waals surface area (Å²) in [6.45, 7) is 0. The van der Waals surface area contributed by atoms with Crippen LogP contribution >= 0.6 is 15.9 Å². The molecular formula is C11H15BrN2O. The van der Waals surface area contributed by atoms with Crippen LogP contribution in [0, 0.1) is 0 Å². The lowest BCUT2D eigenvalue weighted by Gasteiger charge is -2.35. The lowest BCUT2D eigenvalue weighted by molar-refractivity contribution is 0.0329. The minimum absolute atomic E-state index is 0.416. The number of halogens is 1. The standard InChI is InChI=1S/C11H15BrN2O/c1-15-9-5-8(6-9)14-11-3-2-7(12)4-10(11)13/h2-4,8-9,14H,5-6,13H2,1H3. The van der Waals surface area contributed by atoms with Gasteiger partial charge in [0.25, 0.3) is 0 Å². The van der Waals surface area contributed by atoms with Gasteiger partial charge in [-0.2, -0.15) is 0 Å². The highest BCUT2D eigenvalue weighted by Crippen LogP contribution is 2.29. The van der Waals surface area contributed by atoms with Gasteiger partial charge in [-0.05, 0) is 31.0 Å². The highest BCUT2D eigenvalue weighted by atomic mass is 79.9. The topological polar surface area (TPSA) is 47.3 Å². The van der Waals surface area contributed by atoms with Crippen molar-refractivity contribution in [1.82, 2.24) is 0 Å². The first kappa shape index (κ1) is 10.8. The summed E-state index contributed by atoms with van der Waals surface area (Å²) in [5.74, 6) is 0. The van der Waals surface area contributed by atoms with Crippen LogP contribution in [0.3, 0.4) is 0 Å². The summed E-state index contributed by atoms with van der Waals surface area (Å²) in [4.78, 5) is 0. The molecule has 0 saturated heterocycles. The fourth-order valence-corrected chi connectivity index (χ4v) is 2.14. The zero-order valence-corrected chi connectivity index (χ0v) is 10.3. The predicted octanol–water partition coefficient (Wildman–Crippen LogP) is 2.62. The van der Waals surface area contributed by atoms with Gasteiger partial charge in [0.2, 0.25) is 0 Å². The molecule has 0 spiro atoms. The van der Waals surface area contributed by atoms with Crippen LogP contribution in [0.1, 0.15) is 12.8 Å². The van der Waals surface area contributed by atoms with E-state index in [0.717, 1.165) is 28.7 Å². The van der Waals surface area contributed by atoms with Gasteiger partial charge in [0.1, 0.15) is 0 Å². The lowest BCUT2D eigenvalue weighted by Crippen LogP contribution is -2.40. The van der Waals surface area contributed by atoms with Crippen molar-refractivity contribution in [3.8, 4) is 0 Å². The van der Waals surface area contributed by atoms with Crippen LogP contribution in [0.4, 0.5) is 11.4 Å². The van der Waals surface area contributed by atoms with E-state index in [1.807, 2.05) is 18.2 Å². The zero-order valence-electron chi connectivity index (χ0n) is 8.66. The van der Waals surface area contributed by atoms with Crippen LogP contribution in [0.5, 0.6) is 0 Å². The Kier molecular flexibility index (Phi) is 3.17. The van der Waals surface area contributed by atoms with E-state index in [1.54, 1.807) is 7.11 Å². The first-order chi connectivity index (χ1) is 7.19. The fourth-order valence-electron chi connectivity index (χ4n) is 1.76. The highest BCUT2D eigenvalue weighted by Gasteiger charge is 2.28. The van der Waals surface area contributed by atoms with Gasteiger partial charge in [0.15, 0.2) is 0 Å². The Balaban J connectivity index is 1.94. The van der Waals surface area contributed by atoms with Crippen molar-refractivity contribution in [3.05, 3.63) is 22.7 Å². The third-order valence-electron chi connectivity index (χ3n) is 2.80. The van der Waals surface area contributed by atoms with Gasteiger partial charge in [-0.15, -0.1) is 0 Å². The third-order valence-corrected chi connectivity index (χ3v) is 3.29. The lowest BCUT2D eigenvalue weighted by atomic mass is 9.89. The molecule has 0 unspecified atom stereocenters. The second-order valence-corrected chi connectivity index (χ2v) is 4.82. The average molecular weight is 271 g/mol. The Morgan fingerprint density at radius 1 is 1.47 bits per heavy atom. The largest absolute Gasteiger partial charge is 0.397 e. The number of rotatable bonds is 3. The van der Waals surface area contributed by atoms with Gasteiger partial charge in [0, 0.05) is 17.6 Å². The van der Waals surface area contributed by atoms with Crippen LogP contribution in [-0.2, 0) is 4.74 Å². The van der Waals surface area contributed by atoms with Crippen molar-refractivity contribution in [3.63, 3.8) is 0 Å². The smallest absolute Gasteiger partial charge is 0.0610 e. The number of nitrogens with two attached hydrogens (primary N) is 1. The predicted molar refractivity (Wildman–Crippen MR) is 66.0 cm³/mol. The number of nitrogens with one attached hydrogen (secondary N) is 1. The Morgan fingerprint density at radius 3 is 2.80 bits per heavy atom. The van der Waals surface area contributed by atoms with Gasteiger partial charge in [-0.3, -0.25) is 0 Å². The summed E-state index contributed by atoms with van der Waals surface area (Å²) in [7, 11) is 1.76. The third kappa shape index (κ3) is 2.44. The summed E-state index contributed by atoms with van der Waals surface area (Å²) < 4.78 is 6.23. The molecular weight excluding hydrogens is 256 g/mol. The molecule has 1 aromatic carbocycles. The second-order valence-electron chi connectivity index (χ2n) is 3.90. The van der Waals surface area contributed by atoms with Crippen molar-refractivity contribution >= 4 is 27.3 Å². The van der Waals surface area contributed by atoms with Crippen LogP contribution in [0.25, 0.3) is 0 Å². The molecule has 1 aromatic rings. The maximum Gasteiger partial charge on any atom is 0.0610 e. The van der Waals surface area contributed by atoms with E-state index in [9.17, 15) is 0 Å². The van der Waals surface area contributed by atoms with Crippen molar-refractivity contribution in [1.29, 1.82) is 0 Å². The van der Waals surface area contributed by atoms with E-state index in [2.05, 4.69) is 21.2 Å². The number of methoxy groups -OCH3 is 1. The van der Waals surface area contributed by atoms with E-state index in [1.165, 1.54) is 0 Å². The van der Waals surface area contributed by atoms with Gasteiger partial charge in [-0.1, -0.05) is 15.9 Å². The fraction of sp³-hybridized carbons (Fsp3) is 0.455. The molecule has 0 atom stereocenters. The quantitative estimate of drug-likeness (QED) is 0.831. The molecule has 1 saturated carbocycles. The molecule has 0 aromatic heterocycles. The van der Waals surface area contributed by atoms with Gasteiger partial charge >= 0.3 is 0 Å². The van der Waals surface area contributed by atoms with Crippen molar-refractivity contribution in [2.45, 2.75) is 25.0 Å². The molecule has 0 aliphatic heterocycles. The first-order valence-electron chi connectivity index (χ1n) is 5.03. The van der Waals surface area contributed by atoms with Crippen LogP contribution in [-0.4, -0.2) is 19.3 Å². The number of benzene rings is 1. The number of nitrogen functional groups attached to an aromatic ring is 1. The molecule has 1 aliphatic rings. The molecule has 3 N–H and O–H groups in total. The molecule has 0 bridgehead atoms. The van der Waals surface area contributed by atoms with E-state index < -0.39 is 0 Å². The van der Waals surface area contributed by atoms with Crippen molar-refractivity contribution in [2.24, 2.45) is 0 Å². The van der Waals surface area contributed by atoms with E-state index in [4.69, 9.17) is 10.5 Å². The van der Waals surface area contributed by atoms with E-state index in [0.29, 0.717) is 12.1 Å². The summed E-state index contributed by atoms with van der Waals surface area (Å²) in [5, 5.41) is 3.41. The minimum atomic E-state index is 0.416. The molecule has 2 rings (SSSR count). The molecule has 0 amide bonds. The maximum atomic E-state index is 5.89. The molecule has 0 heterocycles. The van der Waals surface area contributed by atoms with Crippen LogP contribution < -0.4 is 11.1 Å². The maximum absolute atomic E-state index is 5.89. The number of ether oxygens (including phenoxy) is 1. The Hall–Kier alpha value is -0.740. The van der Waals surface area contributed by atoms with Gasteiger partial charge in [-0.25, -0.2) is 0 Å². The van der Waals surface area contributed by atoms with E-state index in [-0.39, 0.29) is 0 Å². The number of anilines is 2. The highest BCUT2D eigenvalue weighted by molar-refractivity contribution is 9.10. The number of hydrogen-bond donors (Lipinski definition) is 2. The normalized spacial score (nSPS) is 24.7. The molecule has 4 heteroatoms. The Morgan fingerprint density at radius 2 is 2.20 bits per heavy atom. The molecule has 15 heavy (non-hydrogen) atoms. The summed E-state index contributed by atoms with van der Waals surface area (Å²) in [6.07, 6.45) is 2.54. The molecule has 1 fully saturated rings. The van der Waals surface area contributed by atoms with Gasteiger partial charge < -0.3 is 15.8 Å². The van der Waals surface area contributed by atoms with Crippen molar-refractivity contribution < 1.29 is 4.74 Å². The minimum Gasteiger partial charge on any atom is -0.397 e. The average Bonchev–Trinajstić information content (AvgIpc) is 2.13. The zero-order chi connectivity index (χ0) is 10.8. The molecule has 1 aliphatic carbocycles. The summed E-state index contributed by atoms with van der Waals surface area (Å²) in [6, 6.07) is 6.40. The van der Waals surface area contributed by atoms with Crippen LogP contribution in [0.15, 0.2) is 22.7 Å². The Bertz CT molecular complexity index is 350. The van der Waals surface area contributed by atoms with Crippen LogP contribution in [0.2, 0.25) is 0 Å². The monoisotopic (exact) mass is 270 g/mol. The number of hydrogen-bond acceptors (Lipinski definition) is 3. The van der Waals surface area contributed by atoms with E-state index >= 15 is 0 Å². The second kappa shape index (κ2) is 4.41. The van der Waals surface area contributed by atoms with Gasteiger partial charge in [0.05, 0.1) is 17.5 Å². The SMILES string of the molecule is COC1CC(Nc2ccc(Br)cc2N)C1. The molecule has 3 nitrogen and oxygen atoms in total. The first-order valence-corrected chi connectivity index (χ1v) is 5.82. The Labute approximate surface area is 98.1 Å². The molecule has 0 radical (unpaired) electrons. The molecule has 82 valence electrons.